The standard InChI is InChI=1S/C26H31N5O5/c1-16-20(31(25(34)35)26(2,3)4)10-9-18-22(16)23(33)36-24(28-18)29-19(17-8-7-11-27-15-17)14-21(32)30-12-5-6-13-30/h7-11,15,19H,5-6,12-14H2,1-4H3,(H,28,29)(H,34,35). The van der Waals surface area contributed by atoms with E-state index < -0.39 is 23.3 Å². The zero-order valence-corrected chi connectivity index (χ0v) is 20.9. The van der Waals surface area contributed by atoms with Gasteiger partial charge in [0.05, 0.1) is 29.1 Å². The highest BCUT2D eigenvalue weighted by Crippen LogP contribution is 2.32. The van der Waals surface area contributed by atoms with Crippen molar-refractivity contribution in [1.29, 1.82) is 0 Å². The van der Waals surface area contributed by atoms with Gasteiger partial charge < -0.3 is 19.7 Å². The first-order valence-corrected chi connectivity index (χ1v) is 12.0. The molecule has 2 N–H and O–H groups in total. The molecule has 3 aromatic rings. The number of aromatic nitrogens is 2. The fraction of sp³-hybridized carbons (Fsp3) is 0.423. The second-order valence-corrected chi connectivity index (χ2v) is 9.97. The number of carbonyl (C=O) groups is 2. The van der Waals surface area contributed by atoms with Gasteiger partial charge in [-0.05, 0) is 69.9 Å². The summed E-state index contributed by atoms with van der Waals surface area (Å²) in [5.74, 6) is 0.00779. The van der Waals surface area contributed by atoms with Gasteiger partial charge in [0.1, 0.15) is 0 Å². The van der Waals surface area contributed by atoms with E-state index in [0.717, 1.165) is 31.5 Å². The van der Waals surface area contributed by atoms with E-state index in [1.807, 2.05) is 11.0 Å². The van der Waals surface area contributed by atoms with E-state index in [-0.39, 0.29) is 23.7 Å². The minimum Gasteiger partial charge on any atom is -0.465 e. The molecule has 1 aliphatic rings. The lowest BCUT2D eigenvalue weighted by Crippen LogP contribution is -2.45. The van der Waals surface area contributed by atoms with Crippen molar-refractivity contribution in [2.24, 2.45) is 0 Å². The molecule has 0 saturated carbocycles. The third-order valence-electron chi connectivity index (χ3n) is 6.35. The van der Waals surface area contributed by atoms with Gasteiger partial charge in [-0.15, -0.1) is 0 Å². The van der Waals surface area contributed by atoms with Gasteiger partial charge in [-0.3, -0.25) is 14.7 Å². The maximum atomic E-state index is 13.1. The lowest BCUT2D eigenvalue weighted by atomic mass is 10.0. The van der Waals surface area contributed by atoms with E-state index >= 15 is 0 Å². The number of nitrogens with zero attached hydrogens (tertiary/aromatic N) is 4. The molecule has 1 saturated heterocycles. The van der Waals surface area contributed by atoms with Gasteiger partial charge in [-0.2, -0.15) is 4.98 Å². The Balaban J connectivity index is 1.70. The predicted octanol–water partition coefficient (Wildman–Crippen LogP) is 4.34. The fourth-order valence-corrected chi connectivity index (χ4v) is 4.62. The van der Waals surface area contributed by atoms with E-state index in [9.17, 15) is 19.5 Å². The highest BCUT2D eigenvalue weighted by atomic mass is 16.4. The van der Waals surface area contributed by atoms with Crippen LogP contribution in [0.3, 0.4) is 0 Å². The van der Waals surface area contributed by atoms with Crippen molar-refractivity contribution in [3.05, 3.63) is 58.2 Å². The molecule has 2 aromatic heterocycles. The average Bonchev–Trinajstić information content (AvgIpc) is 3.35. The second-order valence-electron chi connectivity index (χ2n) is 9.97. The summed E-state index contributed by atoms with van der Waals surface area (Å²) in [5.41, 5.74) is 0.621. The Bertz CT molecular complexity index is 1330. The lowest BCUT2D eigenvalue weighted by molar-refractivity contribution is -0.130. The van der Waals surface area contributed by atoms with E-state index in [0.29, 0.717) is 16.8 Å². The van der Waals surface area contributed by atoms with Gasteiger partial charge in [-0.1, -0.05) is 6.07 Å². The summed E-state index contributed by atoms with van der Waals surface area (Å²) in [6.45, 7) is 8.50. The smallest absolute Gasteiger partial charge is 0.412 e. The third-order valence-corrected chi connectivity index (χ3v) is 6.35. The number of fused-ring (bicyclic) bond motifs is 1. The highest BCUT2D eigenvalue weighted by molar-refractivity contribution is 5.94. The first-order chi connectivity index (χ1) is 17.1. The number of rotatable bonds is 6. The van der Waals surface area contributed by atoms with Crippen LogP contribution in [0.5, 0.6) is 0 Å². The number of likely N-dealkylation sites (tertiary alicyclic amines) is 1. The van der Waals surface area contributed by atoms with E-state index in [2.05, 4.69) is 15.3 Å². The second kappa shape index (κ2) is 9.96. The van der Waals surface area contributed by atoms with Gasteiger partial charge in [0.15, 0.2) is 0 Å². The van der Waals surface area contributed by atoms with Crippen molar-refractivity contribution in [2.75, 3.05) is 23.3 Å². The highest BCUT2D eigenvalue weighted by Gasteiger charge is 2.30. The molecule has 36 heavy (non-hydrogen) atoms. The number of benzene rings is 1. The number of aryl methyl sites for hydroxylation is 1. The first kappa shape index (κ1) is 25.2. The summed E-state index contributed by atoms with van der Waals surface area (Å²) in [5, 5.41) is 13.1. The predicted molar refractivity (Wildman–Crippen MR) is 136 cm³/mol. The summed E-state index contributed by atoms with van der Waals surface area (Å²) in [6.07, 6.45) is 4.34. The van der Waals surface area contributed by atoms with Crippen LogP contribution in [-0.2, 0) is 4.79 Å². The minimum absolute atomic E-state index is 0.00779. The van der Waals surface area contributed by atoms with Crippen molar-refractivity contribution >= 4 is 34.6 Å². The number of amides is 2. The number of anilines is 2. The van der Waals surface area contributed by atoms with Crippen molar-refractivity contribution in [3.8, 4) is 0 Å². The molecular weight excluding hydrogens is 462 g/mol. The first-order valence-electron chi connectivity index (χ1n) is 12.0. The maximum absolute atomic E-state index is 13.1. The van der Waals surface area contributed by atoms with Crippen LogP contribution < -0.4 is 15.8 Å². The molecule has 3 heterocycles. The molecule has 1 unspecified atom stereocenters. The Kier molecular flexibility index (Phi) is 6.96. The van der Waals surface area contributed by atoms with Gasteiger partial charge >= 0.3 is 11.7 Å². The molecule has 10 nitrogen and oxygen atoms in total. The number of hydrogen-bond donors (Lipinski definition) is 2. The van der Waals surface area contributed by atoms with Crippen LogP contribution in [0.4, 0.5) is 16.5 Å². The van der Waals surface area contributed by atoms with Crippen LogP contribution in [0.15, 0.2) is 45.9 Å². The van der Waals surface area contributed by atoms with E-state index in [1.54, 1.807) is 58.3 Å². The van der Waals surface area contributed by atoms with E-state index in [1.165, 1.54) is 4.90 Å². The van der Waals surface area contributed by atoms with Crippen LogP contribution in [0.1, 0.15) is 57.2 Å². The van der Waals surface area contributed by atoms with Gasteiger partial charge in [0.25, 0.3) is 6.01 Å². The summed E-state index contributed by atoms with van der Waals surface area (Å²) in [7, 11) is 0. The summed E-state index contributed by atoms with van der Waals surface area (Å²) in [4.78, 5) is 49.6. The molecule has 2 amide bonds. The van der Waals surface area contributed by atoms with E-state index in [4.69, 9.17) is 4.42 Å². The number of carbonyl (C=O) groups excluding carboxylic acids is 1. The molecule has 1 fully saturated rings. The SMILES string of the molecule is Cc1c(N(C(=O)O)C(C)(C)C)ccc2nc(NC(CC(=O)N3CCCC3)c3cccnc3)oc(=O)c12. The van der Waals surface area contributed by atoms with Gasteiger partial charge in [0.2, 0.25) is 5.91 Å². The topological polar surface area (TPSA) is 129 Å². The molecule has 0 bridgehead atoms. The molecule has 4 rings (SSSR count). The molecule has 0 aliphatic carbocycles. The number of nitrogens with one attached hydrogen (secondary N) is 1. The van der Waals surface area contributed by atoms with Gasteiger partial charge in [-0.25, -0.2) is 9.59 Å². The number of hydrogen-bond acceptors (Lipinski definition) is 7. The summed E-state index contributed by atoms with van der Waals surface area (Å²) >= 11 is 0. The Labute approximate surface area is 209 Å². The Morgan fingerprint density at radius 1 is 1.22 bits per heavy atom. The van der Waals surface area contributed by atoms with Crippen LogP contribution in [0.25, 0.3) is 10.9 Å². The summed E-state index contributed by atoms with van der Waals surface area (Å²) < 4.78 is 5.52. The maximum Gasteiger partial charge on any atom is 0.412 e. The van der Waals surface area contributed by atoms with Crippen molar-refractivity contribution in [2.45, 2.75) is 58.5 Å². The summed E-state index contributed by atoms with van der Waals surface area (Å²) in [6, 6.07) is 6.36. The number of carboxylic acid groups (broad SMARTS) is 1. The molecular formula is C26H31N5O5. The molecule has 0 spiro atoms. The molecule has 10 heteroatoms. The van der Waals surface area contributed by atoms with Crippen LogP contribution >= 0.6 is 0 Å². The minimum atomic E-state index is -1.12. The van der Waals surface area contributed by atoms with Crippen molar-refractivity contribution in [3.63, 3.8) is 0 Å². The molecule has 190 valence electrons. The fourth-order valence-electron chi connectivity index (χ4n) is 4.62. The van der Waals surface area contributed by atoms with Crippen molar-refractivity contribution < 1.29 is 19.1 Å². The molecule has 1 aliphatic heterocycles. The molecule has 0 radical (unpaired) electrons. The van der Waals surface area contributed by atoms with Crippen LogP contribution in [-0.4, -0.2) is 50.6 Å². The molecule has 1 atom stereocenters. The number of pyridine rings is 1. The average molecular weight is 494 g/mol. The quantitative estimate of drug-likeness (QED) is 0.519. The van der Waals surface area contributed by atoms with Gasteiger partial charge in [0, 0.05) is 31.0 Å². The Hall–Kier alpha value is -3.95. The molecule has 1 aromatic carbocycles. The monoisotopic (exact) mass is 493 g/mol. The Morgan fingerprint density at radius 2 is 1.94 bits per heavy atom. The third kappa shape index (κ3) is 5.17. The normalized spacial score (nSPS) is 14.6. The zero-order valence-electron chi connectivity index (χ0n) is 20.9. The largest absolute Gasteiger partial charge is 0.465 e. The van der Waals surface area contributed by atoms with Crippen LogP contribution in [0.2, 0.25) is 0 Å². The zero-order chi connectivity index (χ0) is 26.0. The van der Waals surface area contributed by atoms with Crippen LogP contribution in [0, 0.1) is 6.92 Å². The van der Waals surface area contributed by atoms with Crippen molar-refractivity contribution in [1.82, 2.24) is 14.9 Å². The lowest BCUT2D eigenvalue weighted by Gasteiger charge is -2.34. The Morgan fingerprint density at radius 3 is 2.56 bits per heavy atom.